The first-order valence-electron chi connectivity index (χ1n) is 2.98. The molecule has 4 heteroatoms. The van der Waals surface area contributed by atoms with Crippen LogP contribution in [-0.2, 0) is 0 Å². The number of rotatable bonds is 0. The van der Waals surface area contributed by atoms with E-state index in [9.17, 15) is 0 Å². The van der Waals surface area contributed by atoms with Crippen LogP contribution >= 0.6 is 31.9 Å². The predicted molar refractivity (Wildman–Crippen MR) is 51.3 cm³/mol. The maximum atomic E-state index is 8.63. The van der Waals surface area contributed by atoms with Crippen molar-refractivity contribution in [2.75, 3.05) is 0 Å². The highest BCUT2D eigenvalue weighted by Gasteiger charge is 2.04. The van der Waals surface area contributed by atoms with Crippen molar-refractivity contribution in [1.82, 2.24) is 0 Å². The van der Waals surface area contributed by atoms with Gasteiger partial charge in [-0.3, -0.25) is 0 Å². The number of halogens is 2. The summed E-state index contributed by atoms with van der Waals surface area (Å²) >= 11 is 6.49. The van der Waals surface area contributed by atoms with Crippen LogP contribution in [0.4, 0.5) is 0 Å². The fourth-order valence-electron chi connectivity index (χ4n) is 0.732. The highest BCUT2D eigenvalue weighted by atomic mass is 79.9. The summed E-state index contributed by atoms with van der Waals surface area (Å²) in [6, 6.07) is 7.11. The molecule has 0 N–H and O–H groups in total. The Morgan fingerprint density at radius 1 is 0.917 bits per heavy atom. The number of hydrogen-bond donors (Lipinski definition) is 0. The molecule has 1 aromatic rings. The Balaban J connectivity index is 3.44. The first-order valence-corrected chi connectivity index (χ1v) is 4.57. The minimum atomic E-state index is 0.382. The third-order valence-electron chi connectivity index (χ3n) is 1.30. The largest absolute Gasteiger partial charge is 0.192 e. The molecule has 0 fully saturated rings. The fourth-order valence-corrected chi connectivity index (χ4v) is 1.42. The third kappa shape index (κ3) is 1.66. The van der Waals surface area contributed by atoms with Gasteiger partial charge in [0.25, 0.3) is 0 Å². The predicted octanol–water partition coefficient (Wildman–Crippen LogP) is 2.95. The van der Waals surface area contributed by atoms with Crippen LogP contribution in [0.3, 0.4) is 0 Å². The van der Waals surface area contributed by atoms with Crippen molar-refractivity contribution in [2.24, 2.45) is 0 Å². The molecule has 0 unspecified atom stereocenters. The lowest BCUT2D eigenvalue weighted by Gasteiger charge is -1.97. The van der Waals surface area contributed by atoms with E-state index in [0.29, 0.717) is 11.1 Å². The summed E-state index contributed by atoms with van der Waals surface area (Å²) in [6.07, 6.45) is 0. The summed E-state index contributed by atoms with van der Waals surface area (Å²) in [7, 11) is 0. The maximum absolute atomic E-state index is 8.63. The molecule has 2 nitrogen and oxygen atoms in total. The lowest BCUT2D eigenvalue weighted by Crippen LogP contribution is -1.84. The Morgan fingerprint density at radius 2 is 1.25 bits per heavy atom. The quantitative estimate of drug-likeness (QED) is 0.736. The second-order valence-corrected chi connectivity index (χ2v) is 3.74. The van der Waals surface area contributed by atoms with E-state index in [-0.39, 0.29) is 0 Å². The Bertz CT molecular complexity index is 360. The summed E-state index contributed by atoms with van der Waals surface area (Å²) < 4.78 is 1.55. The summed E-state index contributed by atoms with van der Waals surface area (Å²) in [5.74, 6) is 0. The SMILES string of the molecule is N#Cc1cc(Br)c(Br)cc1C#N. The van der Waals surface area contributed by atoms with Crippen molar-refractivity contribution < 1.29 is 0 Å². The number of nitriles is 2. The van der Waals surface area contributed by atoms with Gasteiger partial charge in [0, 0.05) is 8.95 Å². The molecule has 0 saturated heterocycles. The van der Waals surface area contributed by atoms with Gasteiger partial charge in [-0.15, -0.1) is 0 Å². The van der Waals surface area contributed by atoms with Crippen LogP contribution in [-0.4, -0.2) is 0 Å². The van der Waals surface area contributed by atoms with Crippen molar-refractivity contribution in [1.29, 1.82) is 10.5 Å². The van der Waals surface area contributed by atoms with Gasteiger partial charge in [0.05, 0.1) is 11.1 Å². The average molecular weight is 286 g/mol. The number of hydrogen-bond acceptors (Lipinski definition) is 2. The molecule has 0 heterocycles. The highest BCUT2D eigenvalue weighted by molar-refractivity contribution is 9.13. The lowest BCUT2D eigenvalue weighted by atomic mass is 10.1. The normalized spacial score (nSPS) is 8.67. The molecule has 1 rings (SSSR count). The van der Waals surface area contributed by atoms with E-state index in [1.807, 2.05) is 12.1 Å². The third-order valence-corrected chi connectivity index (χ3v) is 3.15. The molecule has 0 aliphatic heterocycles. The van der Waals surface area contributed by atoms with Gasteiger partial charge in [-0.25, -0.2) is 0 Å². The van der Waals surface area contributed by atoms with Crippen molar-refractivity contribution >= 4 is 31.9 Å². The average Bonchev–Trinajstić information content (AvgIpc) is 2.09. The van der Waals surface area contributed by atoms with Crippen molar-refractivity contribution in [3.8, 4) is 12.1 Å². The van der Waals surface area contributed by atoms with Gasteiger partial charge >= 0.3 is 0 Å². The fraction of sp³-hybridized carbons (Fsp3) is 0. The van der Waals surface area contributed by atoms with E-state index in [0.717, 1.165) is 8.95 Å². The van der Waals surface area contributed by atoms with Crippen LogP contribution in [0.2, 0.25) is 0 Å². The van der Waals surface area contributed by atoms with Crippen LogP contribution in [0.1, 0.15) is 11.1 Å². The molecule has 0 amide bonds. The van der Waals surface area contributed by atoms with Crippen molar-refractivity contribution in [3.05, 3.63) is 32.2 Å². The number of nitrogens with zero attached hydrogens (tertiary/aromatic N) is 2. The first-order chi connectivity index (χ1) is 5.69. The Hall–Kier alpha value is -0.840. The summed E-state index contributed by atoms with van der Waals surface area (Å²) in [6.45, 7) is 0. The topological polar surface area (TPSA) is 47.6 Å². The molecule has 0 radical (unpaired) electrons. The molecule has 12 heavy (non-hydrogen) atoms. The minimum absolute atomic E-state index is 0.382. The Labute approximate surface area is 86.7 Å². The smallest absolute Gasteiger partial charge is 0.101 e. The van der Waals surface area contributed by atoms with E-state index in [1.165, 1.54) is 0 Å². The Morgan fingerprint density at radius 3 is 1.50 bits per heavy atom. The molecule has 1 aromatic carbocycles. The zero-order valence-corrected chi connectivity index (χ0v) is 8.98. The molecule has 0 atom stereocenters. The molecule has 0 saturated carbocycles. The van der Waals surface area contributed by atoms with Crippen molar-refractivity contribution in [2.45, 2.75) is 0 Å². The molecular weight excluding hydrogens is 284 g/mol. The van der Waals surface area contributed by atoms with Crippen LogP contribution in [0.5, 0.6) is 0 Å². The number of benzene rings is 1. The molecular formula is C8H2Br2N2. The van der Waals surface area contributed by atoms with Gasteiger partial charge in [0.1, 0.15) is 12.1 Å². The van der Waals surface area contributed by atoms with Gasteiger partial charge in [-0.05, 0) is 44.0 Å². The highest BCUT2D eigenvalue weighted by Crippen LogP contribution is 2.26. The summed E-state index contributed by atoms with van der Waals surface area (Å²) in [5.41, 5.74) is 0.764. The Kier molecular flexibility index (Phi) is 2.86. The summed E-state index contributed by atoms with van der Waals surface area (Å²) in [4.78, 5) is 0. The second-order valence-electron chi connectivity index (χ2n) is 2.04. The lowest BCUT2D eigenvalue weighted by molar-refractivity contribution is 1.41. The van der Waals surface area contributed by atoms with Crippen LogP contribution in [0.15, 0.2) is 21.1 Å². The van der Waals surface area contributed by atoms with Gasteiger partial charge < -0.3 is 0 Å². The van der Waals surface area contributed by atoms with Crippen molar-refractivity contribution in [3.63, 3.8) is 0 Å². The van der Waals surface area contributed by atoms with Gasteiger partial charge in [0.15, 0.2) is 0 Å². The van der Waals surface area contributed by atoms with Crippen LogP contribution in [0.25, 0.3) is 0 Å². The molecule has 0 aromatic heterocycles. The minimum Gasteiger partial charge on any atom is -0.192 e. The molecule has 0 aliphatic rings. The standard InChI is InChI=1S/C8H2Br2N2/c9-7-1-5(3-11)6(4-12)2-8(7)10/h1-2H. The second kappa shape index (κ2) is 3.71. The van der Waals surface area contributed by atoms with E-state index in [2.05, 4.69) is 31.9 Å². The van der Waals surface area contributed by atoms with Gasteiger partial charge in [-0.2, -0.15) is 10.5 Å². The molecule has 0 spiro atoms. The molecule has 0 aliphatic carbocycles. The van der Waals surface area contributed by atoms with E-state index >= 15 is 0 Å². The van der Waals surface area contributed by atoms with Crippen LogP contribution in [0, 0.1) is 22.7 Å². The van der Waals surface area contributed by atoms with E-state index < -0.39 is 0 Å². The maximum Gasteiger partial charge on any atom is 0.101 e. The zero-order valence-electron chi connectivity index (χ0n) is 5.81. The molecule has 0 bridgehead atoms. The zero-order chi connectivity index (χ0) is 9.14. The molecule has 58 valence electrons. The van der Waals surface area contributed by atoms with Gasteiger partial charge in [0.2, 0.25) is 0 Å². The monoisotopic (exact) mass is 284 g/mol. The van der Waals surface area contributed by atoms with E-state index in [4.69, 9.17) is 10.5 Å². The van der Waals surface area contributed by atoms with E-state index in [1.54, 1.807) is 12.1 Å². The first kappa shape index (κ1) is 9.25. The van der Waals surface area contributed by atoms with Crippen LogP contribution < -0.4 is 0 Å². The summed E-state index contributed by atoms with van der Waals surface area (Å²) in [5, 5.41) is 17.3. The van der Waals surface area contributed by atoms with Gasteiger partial charge in [-0.1, -0.05) is 0 Å².